The van der Waals surface area contributed by atoms with Gasteiger partial charge in [-0.1, -0.05) is 31.2 Å². The summed E-state index contributed by atoms with van der Waals surface area (Å²) in [5, 5.41) is 6.06. The van der Waals surface area contributed by atoms with Gasteiger partial charge in [-0.25, -0.2) is 4.79 Å². The fourth-order valence-electron chi connectivity index (χ4n) is 3.93. The van der Waals surface area contributed by atoms with Crippen LogP contribution in [0.15, 0.2) is 24.3 Å². The molecule has 24 heavy (non-hydrogen) atoms. The van der Waals surface area contributed by atoms with Crippen LogP contribution in [0.25, 0.3) is 0 Å². The van der Waals surface area contributed by atoms with Crippen LogP contribution in [-0.4, -0.2) is 31.7 Å². The molecular weight excluding hydrogens is 300 g/mol. The van der Waals surface area contributed by atoms with E-state index in [2.05, 4.69) is 59.6 Å². The van der Waals surface area contributed by atoms with Crippen LogP contribution in [0.1, 0.15) is 37.8 Å². The molecule has 0 aromatic heterocycles. The van der Waals surface area contributed by atoms with E-state index in [0.29, 0.717) is 12.0 Å². The second-order valence-corrected chi connectivity index (χ2v) is 7.76. The monoisotopic (exact) mass is 330 g/mol. The Balaban J connectivity index is 1.33. The van der Waals surface area contributed by atoms with Crippen LogP contribution < -0.4 is 21.5 Å². The molecule has 1 saturated heterocycles. The maximum Gasteiger partial charge on any atom is 0.314 e. The molecule has 0 spiro atoms. The summed E-state index contributed by atoms with van der Waals surface area (Å²) in [5.74, 6) is 0.658. The van der Waals surface area contributed by atoms with Gasteiger partial charge in [-0.2, -0.15) is 0 Å². The highest BCUT2D eigenvalue weighted by atomic mass is 16.2. The van der Waals surface area contributed by atoms with Crippen LogP contribution in [-0.2, 0) is 12.8 Å². The van der Waals surface area contributed by atoms with Gasteiger partial charge in [-0.05, 0) is 55.1 Å². The van der Waals surface area contributed by atoms with Crippen molar-refractivity contribution in [3.63, 3.8) is 0 Å². The molecule has 2 amide bonds. The molecule has 5 heteroatoms. The first-order chi connectivity index (χ1) is 11.6. The largest absolute Gasteiger partial charge is 0.338 e. The second-order valence-electron chi connectivity index (χ2n) is 7.76. The Morgan fingerprint density at radius 2 is 1.96 bits per heavy atom. The normalized spacial score (nSPS) is 24.6. The average Bonchev–Trinajstić information content (AvgIpc) is 3.12. The molecule has 1 aliphatic carbocycles. The van der Waals surface area contributed by atoms with Gasteiger partial charge in [0.2, 0.25) is 0 Å². The van der Waals surface area contributed by atoms with Crippen molar-refractivity contribution in [2.24, 2.45) is 11.3 Å². The fraction of sp³-hybridized carbons (Fsp3) is 0.632. The Labute approximate surface area is 144 Å². The Morgan fingerprint density at radius 3 is 2.58 bits per heavy atom. The highest BCUT2D eigenvalue weighted by molar-refractivity contribution is 5.73. The van der Waals surface area contributed by atoms with Crippen molar-refractivity contribution in [2.75, 3.05) is 19.6 Å². The summed E-state index contributed by atoms with van der Waals surface area (Å²) in [6.07, 6.45) is 4.25. The summed E-state index contributed by atoms with van der Waals surface area (Å²) < 4.78 is 0. The lowest BCUT2D eigenvalue weighted by Gasteiger charge is -2.24. The lowest BCUT2D eigenvalue weighted by molar-refractivity contribution is 0.232. The quantitative estimate of drug-likeness (QED) is 0.603. The molecule has 132 valence electrons. The zero-order valence-electron chi connectivity index (χ0n) is 14.8. The predicted molar refractivity (Wildman–Crippen MR) is 96.7 cm³/mol. The standard InChI is InChI=1S/C19H30N4O/c1-14-17(12-22-23-14)8-5-9-20-18(24)21-13-19(2)10-15-6-3-4-7-16(15)11-19/h3-4,6-7,14,17,22-23H,5,8-13H2,1-2H3,(H2,20,21,24). The maximum atomic E-state index is 12.0. The van der Waals surface area contributed by atoms with Gasteiger partial charge >= 0.3 is 6.03 Å². The number of urea groups is 1. The average molecular weight is 330 g/mol. The number of hydrogen-bond donors (Lipinski definition) is 4. The minimum atomic E-state index is -0.0390. The zero-order valence-corrected chi connectivity index (χ0v) is 14.8. The molecule has 1 aromatic carbocycles. The molecule has 4 N–H and O–H groups in total. The molecule has 0 bridgehead atoms. The summed E-state index contributed by atoms with van der Waals surface area (Å²) in [5.41, 5.74) is 9.41. The van der Waals surface area contributed by atoms with Gasteiger partial charge in [0.25, 0.3) is 0 Å². The first kappa shape index (κ1) is 17.2. The van der Waals surface area contributed by atoms with E-state index in [0.717, 1.165) is 45.3 Å². The van der Waals surface area contributed by atoms with Crippen molar-refractivity contribution in [1.29, 1.82) is 0 Å². The maximum absolute atomic E-state index is 12.0. The van der Waals surface area contributed by atoms with Gasteiger partial charge in [0.1, 0.15) is 0 Å². The SMILES string of the molecule is CC1NNCC1CCCNC(=O)NCC1(C)Cc2ccccc2C1. The van der Waals surface area contributed by atoms with Crippen molar-refractivity contribution in [3.05, 3.63) is 35.4 Å². The van der Waals surface area contributed by atoms with Gasteiger partial charge in [0.05, 0.1) is 0 Å². The lowest BCUT2D eigenvalue weighted by Crippen LogP contribution is -2.42. The molecule has 1 heterocycles. The molecule has 0 saturated carbocycles. The predicted octanol–water partition coefficient (Wildman–Crippen LogP) is 1.98. The summed E-state index contributed by atoms with van der Waals surface area (Å²) in [6.45, 7) is 6.94. The van der Waals surface area contributed by atoms with E-state index >= 15 is 0 Å². The van der Waals surface area contributed by atoms with Gasteiger partial charge in [0, 0.05) is 25.7 Å². The lowest BCUT2D eigenvalue weighted by atomic mass is 9.87. The molecule has 1 fully saturated rings. The van der Waals surface area contributed by atoms with E-state index in [1.165, 1.54) is 11.1 Å². The molecule has 1 aliphatic heterocycles. The summed E-state index contributed by atoms with van der Waals surface area (Å²) >= 11 is 0. The minimum absolute atomic E-state index is 0.0390. The number of rotatable bonds is 6. The van der Waals surface area contributed by atoms with E-state index in [4.69, 9.17) is 0 Å². The van der Waals surface area contributed by atoms with E-state index in [1.54, 1.807) is 0 Å². The Bertz CT molecular complexity index is 549. The van der Waals surface area contributed by atoms with Crippen LogP contribution in [0, 0.1) is 11.3 Å². The number of fused-ring (bicyclic) bond motifs is 1. The summed E-state index contributed by atoms with van der Waals surface area (Å²) in [4.78, 5) is 12.0. The smallest absolute Gasteiger partial charge is 0.314 e. The Morgan fingerprint density at radius 1 is 1.25 bits per heavy atom. The molecule has 3 rings (SSSR count). The molecule has 0 radical (unpaired) electrons. The van der Waals surface area contributed by atoms with Gasteiger partial charge in [-0.15, -0.1) is 0 Å². The van der Waals surface area contributed by atoms with Gasteiger partial charge in [0.15, 0.2) is 0 Å². The highest BCUT2D eigenvalue weighted by Crippen LogP contribution is 2.35. The summed E-state index contributed by atoms with van der Waals surface area (Å²) in [6, 6.07) is 9.08. The highest BCUT2D eigenvalue weighted by Gasteiger charge is 2.32. The first-order valence-electron chi connectivity index (χ1n) is 9.13. The van der Waals surface area contributed by atoms with Crippen molar-refractivity contribution >= 4 is 6.03 Å². The van der Waals surface area contributed by atoms with E-state index in [-0.39, 0.29) is 11.4 Å². The zero-order chi connectivity index (χ0) is 17.0. The van der Waals surface area contributed by atoms with Crippen molar-refractivity contribution < 1.29 is 4.79 Å². The number of amides is 2. The summed E-state index contributed by atoms with van der Waals surface area (Å²) in [7, 11) is 0. The third-order valence-electron chi connectivity index (χ3n) is 5.47. The fourth-order valence-corrected chi connectivity index (χ4v) is 3.93. The molecule has 1 aromatic rings. The van der Waals surface area contributed by atoms with Crippen molar-refractivity contribution in [1.82, 2.24) is 21.5 Å². The van der Waals surface area contributed by atoms with E-state index < -0.39 is 0 Å². The second kappa shape index (κ2) is 7.53. The molecule has 5 nitrogen and oxygen atoms in total. The Hall–Kier alpha value is -1.59. The number of hydrazine groups is 1. The third kappa shape index (κ3) is 4.28. The molecule has 2 atom stereocenters. The number of carbonyl (C=O) groups is 1. The minimum Gasteiger partial charge on any atom is -0.338 e. The van der Waals surface area contributed by atoms with Crippen LogP contribution in [0.4, 0.5) is 4.79 Å². The molecule has 2 unspecified atom stereocenters. The van der Waals surface area contributed by atoms with Crippen molar-refractivity contribution in [3.8, 4) is 0 Å². The topological polar surface area (TPSA) is 65.2 Å². The molecular formula is C19H30N4O. The van der Waals surface area contributed by atoms with Crippen LogP contribution in [0.2, 0.25) is 0 Å². The number of carbonyl (C=O) groups excluding carboxylic acids is 1. The van der Waals surface area contributed by atoms with Crippen LogP contribution in [0.5, 0.6) is 0 Å². The molecule has 2 aliphatic rings. The van der Waals surface area contributed by atoms with E-state index in [9.17, 15) is 4.79 Å². The van der Waals surface area contributed by atoms with Crippen LogP contribution in [0.3, 0.4) is 0 Å². The van der Waals surface area contributed by atoms with E-state index in [1.807, 2.05) is 0 Å². The van der Waals surface area contributed by atoms with Crippen molar-refractivity contribution in [2.45, 2.75) is 45.6 Å². The van der Waals surface area contributed by atoms with Crippen LogP contribution >= 0.6 is 0 Å². The number of nitrogens with one attached hydrogen (secondary N) is 4. The van der Waals surface area contributed by atoms with Gasteiger partial charge in [-0.3, -0.25) is 10.9 Å². The van der Waals surface area contributed by atoms with Gasteiger partial charge < -0.3 is 10.6 Å². The Kier molecular flexibility index (Phi) is 5.41. The number of hydrogen-bond acceptors (Lipinski definition) is 3. The first-order valence-corrected chi connectivity index (χ1v) is 9.13. The number of benzene rings is 1. The third-order valence-corrected chi connectivity index (χ3v) is 5.47.